The molecule has 1 rings (SSSR count). The highest BCUT2D eigenvalue weighted by molar-refractivity contribution is 6.30. The number of benzene rings is 1. The number of aryl methyl sites for hydroxylation is 1. The zero-order valence-corrected chi connectivity index (χ0v) is 14.8. The van der Waals surface area contributed by atoms with Crippen LogP contribution in [-0.4, -0.2) is 30.7 Å². The minimum Gasteiger partial charge on any atom is -1.00 e. The van der Waals surface area contributed by atoms with Gasteiger partial charge in [0.1, 0.15) is 0 Å². The lowest BCUT2D eigenvalue weighted by molar-refractivity contribution is -0.923. The van der Waals surface area contributed by atoms with Crippen LogP contribution in [0.3, 0.4) is 0 Å². The van der Waals surface area contributed by atoms with Gasteiger partial charge in [-0.2, -0.15) is 0 Å². The van der Waals surface area contributed by atoms with Gasteiger partial charge in [-0.3, -0.25) is 0 Å². The van der Waals surface area contributed by atoms with Crippen molar-refractivity contribution < 1.29 is 21.5 Å². The van der Waals surface area contributed by atoms with Crippen LogP contribution in [0, 0.1) is 0 Å². The van der Waals surface area contributed by atoms with E-state index >= 15 is 0 Å². The topological polar surface area (TPSA) is 0 Å². The molecule has 0 radical (unpaired) electrons. The van der Waals surface area contributed by atoms with Crippen LogP contribution in [0.1, 0.15) is 39.2 Å². The predicted molar refractivity (Wildman–Crippen MR) is 81.1 cm³/mol. The Morgan fingerprint density at radius 1 is 0.895 bits per heavy atom. The molecule has 0 saturated heterocycles. The Bertz CT molecular complexity index is 325. The van der Waals surface area contributed by atoms with Crippen molar-refractivity contribution in [1.29, 1.82) is 0 Å². The van der Waals surface area contributed by atoms with Gasteiger partial charge in [0, 0.05) is 5.02 Å². The van der Waals surface area contributed by atoms with Gasteiger partial charge in [0.2, 0.25) is 0 Å². The maximum Gasteiger partial charge on any atom is 0.0786 e. The van der Waals surface area contributed by atoms with Gasteiger partial charge < -0.3 is 21.5 Å². The van der Waals surface area contributed by atoms with E-state index in [1.54, 1.807) is 0 Å². The second-order valence-electron chi connectivity index (χ2n) is 5.10. The van der Waals surface area contributed by atoms with Crippen LogP contribution in [0.2, 0.25) is 5.02 Å². The Morgan fingerprint density at radius 2 is 1.42 bits per heavy atom. The molecule has 0 unspecified atom stereocenters. The first-order chi connectivity index (χ1) is 8.65. The molecule has 110 valence electrons. The highest BCUT2D eigenvalue weighted by Crippen LogP contribution is 2.13. The summed E-state index contributed by atoms with van der Waals surface area (Å²) in [5.74, 6) is 0. The molecule has 0 bridgehead atoms. The van der Waals surface area contributed by atoms with Crippen LogP contribution in [0.5, 0.6) is 0 Å². The Labute approximate surface area is 134 Å². The molecule has 0 aromatic heterocycles. The quantitative estimate of drug-likeness (QED) is 0.494. The van der Waals surface area contributed by atoms with Crippen molar-refractivity contribution in [2.24, 2.45) is 0 Å². The second-order valence-corrected chi connectivity index (χ2v) is 5.53. The van der Waals surface area contributed by atoms with Crippen LogP contribution in [0.25, 0.3) is 0 Å². The number of unbranched alkanes of at least 4 members (excludes halogenated alkanes) is 1. The maximum atomic E-state index is 5.89. The Morgan fingerprint density at radius 3 is 1.89 bits per heavy atom. The van der Waals surface area contributed by atoms with Crippen molar-refractivity contribution in [2.75, 3.05) is 26.2 Å². The lowest BCUT2D eigenvalue weighted by Crippen LogP contribution is -3.00. The lowest BCUT2D eigenvalue weighted by Gasteiger charge is -2.35. The van der Waals surface area contributed by atoms with Crippen LogP contribution in [0.4, 0.5) is 0 Å². The van der Waals surface area contributed by atoms with Gasteiger partial charge in [-0.15, -0.1) is 0 Å². The summed E-state index contributed by atoms with van der Waals surface area (Å²) in [6.45, 7) is 12.0. The Balaban J connectivity index is 0.00000324. The SMILES string of the molecule is CC[N+](CC)(CC)CCCCc1ccc(Cl)cc1.[Br-]. The van der Waals surface area contributed by atoms with Gasteiger partial charge in [-0.1, -0.05) is 23.7 Å². The van der Waals surface area contributed by atoms with Gasteiger partial charge in [0.05, 0.1) is 26.2 Å². The summed E-state index contributed by atoms with van der Waals surface area (Å²) in [6.07, 6.45) is 3.77. The molecule has 0 aliphatic heterocycles. The molecule has 0 heterocycles. The molecule has 0 aliphatic carbocycles. The van der Waals surface area contributed by atoms with E-state index in [0.717, 1.165) is 5.02 Å². The third kappa shape index (κ3) is 6.29. The fourth-order valence-electron chi connectivity index (χ4n) is 2.57. The molecule has 0 atom stereocenters. The minimum absolute atomic E-state index is 0. The zero-order chi connectivity index (χ0) is 13.4. The third-order valence-electron chi connectivity index (χ3n) is 4.27. The van der Waals surface area contributed by atoms with Crippen LogP contribution >= 0.6 is 11.6 Å². The van der Waals surface area contributed by atoms with E-state index in [0.29, 0.717) is 0 Å². The molecule has 1 aromatic carbocycles. The largest absolute Gasteiger partial charge is 1.00 e. The summed E-state index contributed by atoms with van der Waals surface area (Å²) in [5, 5.41) is 0.831. The monoisotopic (exact) mass is 347 g/mol. The fraction of sp³-hybridized carbons (Fsp3) is 0.625. The average molecular weight is 349 g/mol. The first-order valence-corrected chi connectivity index (χ1v) is 7.63. The van der Waals surface area contributed by atoms with E-state index in [1.165, 1.54) is 55.5 Å². The summed E-state index contributed by atoms with van der Waals surface area (Å²) in [7, 11) is 0. The van der Waals surface area contributed by atoms with Gasteiger partial charge in [-0.05, 0) is 57.7 Å². The lowest BCUT2D eigenvalue weighted by atomic mass is 10.1. The summed E-state index contributed by atoms with van der Waals surface area (Å²) >= 11 is 5.89. The molecule has 0 N–H and O–H groups in total. The van der Waals surface area contributed by atoms with Crippen molar-refractivity contribution in [1.82, 2.24) is 0 Å². The minimum atomic E-state index is 0. The number of hydrogen-bond donors (Lipinski definition) is 0. The predicted octanol–water partition coefficient (Wildman–Crippen LogP) is 1.54. The standard InChI is InChI=1S/C16H27ClN.BrH/c1-4-18(5-2,6-3)14-8-7-9-15-10-12-16(17)13-11-15;/h10-13H,4-9,14H2,1-3H3;1H/q+1;/p-1. The molecule has 0 spiro atoms. The number of rotatable bonds is 8. The van der Waals surface area contributed by atoms with Crippen molar-refractivity contribution in [3.05, 3.63) is 34.9 Å². The number of halogens is 2. The van der Waals surface area contributed by atoms with Gasteiger partial charge >= 0.3 is 0 Å². The van der Waals surface area contributed by atoms with Crippen molar-refractivity contribution in [2.45, 2.75) is 40.0 Å². The van der Waals surface area contributed by atoms with Crippen LogP contribution in [-0.2, 0) is 6.42 Å². The van der Waals surface area contributed by atoms with Crippen molar-refractivity contribution >= 4 is 11.6 Å². The van der Waals surface area contributed by atoms with E-state index in [9.17, 15) is 0 Å². The summed E-state index contributed by atoms with van der Waals surface area (Å²) in [6, 6.07) is 8.26. The van der Waals surface area contributed by atoms with E-state index in [-0.39, 0.29) is 17.0 Å². The third-order valence-corrected chi connectivity index (χ3v) is 4.53. The molecule has 3 heteroatoms. The summed E-state index contributed by atoms with van der Waals surface area (Å²) in [5.41, 5.74) is 1.40. The molecule has 0 saturated carbocycles. The molecule has 1 aromatic rings. The maximum absolute atomic E-state index is 5.89. The number of quaternary nitrogens is 1. The van der Waals surface area contributed by atoms with Crippen molar-refractivity contribution in [3.8, 4) is 0 Å². The molecule has 0 amide bonds. The van der Waals surface area contributed by atoms with Gasteiger partial charge in [0.15, 0.2) is 0 Å². The summed E-state index contributed by atoms with van der Waals surface area (Å²) in [4.78, 5) is 0. The smallest absolute Gasteiger partial charge is 0.0786 e. The molecule has 0 aliphatic rings. The first-order valence-electron chi connectivity index (χ1n) is 7.25. The normalized spacial score (nSPS) is 11.2. The zero-order valence-electron chi connectivity index (χ0n) is 12.5. The van der Waals surface area contributed by atoms with Crippen LogP contribution in [0.15, 0.2) is 24.3 Å². The van der Waals surface area contributed by atoms with Crippen molar-refractivity contribution in [3.63, 3.8) is 0 Å². The highest BCUT2D eigenvalue weighted by atomic mass is 79.9. The van der Waals surface area contributed by atoms with E-state index in [1.807, 2.05) is 12.1 Å². The fourth-order valence-corrected chi connectivity index (χ4v) is 2.70. The number of hydrogen-bond acceptors (Lipinski definition) is 0. The molecule has 1 nitrogen and oxygen atoms in total. The second kappa shape index (κ2) is 9.79. The Kier molecular flexibility index (Phi) is 9.77. The first kappa shape index (κ1) is 18.9. The van der Waals surface area contributed by atoms with E-state index in [2.05, 4.69) is 32.9 Å². The average Bonchev–Trinajstić information content (AvgIpc) is 2.42. The molecule has 19 heavy (non-hydrogen) atoms. The number of nitrogens with zero attached hydrogens (tertiary/aromatic N) is 1. The molecular formula is C16H27BrClN. The molecular weight excluding hydrogens is 322 g/mol. The highest BCUT2D eigenvalue weighted by Gasteiger charge is 2.19. The summed E-state index contributed by atoms with van der Waals surface area (Å²) < 4.78 is 1.26. The van der Waals surface area contributed by atoms with Gasteiger partial charge in [0.25, 0.3) is 0 Å². The van der Waals surface area contributed by atoms with E-state index in [4.69, 9.17) is 11.6 Å². The van der Waals surface area contributed by atoms with Gasteiger partial charge in [-0.25, -0.2) is 0 Å². The Hall–Kier alpha value is -0.0500. The van der Waals surface area contributed by atoms with Crippen LogP contribution < -0.4 is 17.0 Å². The van der Waals surface area contributed by atoms with E-state index < -0.39 is 0 Å². The molecule has 0 fully saturated rings.